The third-order valence-electron chi connectivity index (χ3n) is 3.32. The van der Waals surface area contributed by atoms with Crippen LogP contribution in [0.4, 0.5) is 0 Å². The highest BCUT2D eigenvalue weighted by atomic mass is 16.5. The quantitative estimate of drug-likeness (QED) is 0.750. The molecule has 0 aliphatic carbocycles. The average molecular weight is 277 g/mol. The Bertz CT molecular complexity index is 454. The van der Waals surface area contributed by atoms with Gasteiger partial charge in [-0.2, -0.15) is 0 Å². The molecule has 0 atom stereocenters. The largest absolute Gasteiger partial charge is 0.465 e. The van der Waals surface area contributed by atoms with E-state index in [1.54, 1.807) is 6.92 Å². The molecule has 1 aromatic carbocycles. The normalized spacial score (nSPS) is 11.0. The van der Waals surface area contributed by atoms with Gasteiger partial charge in [0, 0.05) is 6.54 Å². The van der Waals surface area contributed by atoms with Crippen LogP contribution in [0.15, 0.2) is 30.3 Å². The summed E-state index contributed by atoms with van der Waals surface area (Å²) in [5, 5.41) is 0. The fourth-order valence-corrected chi connectivity index (χ4v) is 2.06. The van der Waals surface area contributed by atoms with Crippen LogP contribution in [0.25, 0.3) is 0 Å². The van der Waals surface area contributed by atoms with Gasteiger partial charge in [0.1, 0.15) is 6.54 Å². The van der Waals surface area contributed by atoms with E-state index in [0.717, 1.165) is 5.56 Å². The summed E-state index contributed by atoms with van der Waals surface area (Å²) >= 11 is 0. The van der Waals surface area contributed by atoms with Crippen molar-refractivity contribution >= 4 is 11.9 Å². The van der Waals surface area contributed by atoms with Crippen molar-refractivity contribution in [3.05, 3.63) is 35.9 Å². The number of esters is 1. The van der Waals surface area contributed by atoms with E-state index in [4.69, 9.17) is 4.74 Å². The van der Waals surface area contributed by atoms with Crippen molar-refractivity contribution in [1.29, 1.82) is 0 Å². The van der Waals surface area contributed by atoms with Crippen LogP contribution in [-0.2, 0) is 19.7 Å². The first kappa shape index (κ1) is 16.2. The van der Waals surface area contributed by atoms with Crippen LogP contribution in [-0.4, -0.2) is 36.5 Å². The van der Waals surface area contributed by atoms with E-state index in [9.17, 15) is 9.59 Å². The zero-order chi connectivity index (χ0) is 15.2. The summed E-state index contributed by atoms with van der Waals surface area (Å²) in [5.74, 6) is -0.439. The van der Waals surface area contributed by atoms with E-state index in [2.05, 4.69) is 0 Å². The minimum Gasteiger partial charge on any atom is -0.465 e. The third kappa shape index (κ3) is 3.83. The van der Waals surface area contributed by atoms with Crippen LogP contribution in [0.1, 0.15) is 33.3 Å². The second kappa shape index (κ2) is 7.08. The number of likely N-dealkylation sites (N-methyl/N-ethyl adjacent to an activating group) is 1. The minimum absolute atomic E-state index is 0.000559. The van der Waals surface area contributed by atoms with Gasteiger partial charge >= 0.3 is 5.97 Å². The second-order valence-electron chi connectivity index (χ2n) is 5.12. The van der Waals surface area contributed by atoms with Gasteiger partial charge in [0.25, 0.3) is 0 Å². The highest BCUT2D eigenvalue weighted by Gasteiger charge is 2.33. The van der Waals surface area contributed by atoms with Crippen molar-refractivity contribution in [2.75, 3.05) is 19.7 Å². The third-order valence-corrected chi connectivity index (χ3v) is 3.32. The summed E-state index contributed by atoms with van der Waals surface area (Å²) in [6.45, 7) is 8.17. The Labute approximate surface area is 120 Å². The van der Waals surface area contributed by atoms with E-state index in [0.29, 0.717) is 13.2 Å². The molecule has 0 spiro atoms. The number of benzene rings is 1. The molecule has 0 aromatic heterocycles. The number of rotatable bonds is 6. The molecule has 0 unspecified atom stereocenters. The average Bonchev–Trinajstić information content (AvgIpc) is 2.45. The lowest BCUT2D eigenvalue weighted by molar-refractivity contribution is -0.150. The number of hydrogen-bond acceptors (Lipinski definition) is 3. The molecule has 0 saturated carbocycles. The van der Waals surface area contributed by atoms with Crippen LogP contribution < -0.4 is 0 Å². The van der Waals surface area contributed by atoms with Crippen molar-refractivity contribution in [3.63, 3.8) is 0 Å². The molecule has 1 rings (SSSR count). The molecular formula is C16H23NO3. The lowest BCUT2D eigenvalue weighted by atomic mass is 9.83. The Kier molecular flexibility index (Phi) is 5.74. The van der Waals surface area contributed by atoms with Crippen LogP contribution in [0.5, 0.6) is 0 Å². The van der Waals surface area contributed by atoms with Gasteiger partial charge in [0.05, 0.1) is 12.0 Å². The van der Waals surface area contributed by atoms with Crippen molar-refractivity contribution in [2.24, 2.45) is 0 Å². The lowest BCUT2D eigenvalue weighted by Gasteiger charge is -2.31. The zero-order valence-electron chi connectivity index (χ0n) is 12.7. The van der Waals surface area contributed by atoms with Gasteiger partial charge in [-0.05, 0) is 33.3 Å². The maximum atomic E-state index is 12.7. The summed E-state index contributed by atoms with van der Waals surface area (Å²) in [6, 6.07) is 9.59. The predicted molar refractivity (Wildman–Crippen MR) is 78.4 cm³/mol. The molecule has 0 saturated heterocycles. The number of carbonyl (C=O) groups excluding carboxylic acids is 2. The number of carbonyl (C=O) groups is 2. The Morgan fingerprint density at radius 2 is 1.75 bits per heavy atom. The molecule has 0 bridgehead atoms. The fraction of sp³-hybridized carbons (Fsp3) is 0.500. The van der Waals surface area contributed by atoms with Crippen LogP contribution in [0.2, 0.25) is 0 Å². The maximum absolute atomic E-state index is 12.7. The Morgan fingerprint density at radius 1 is 1.15 bits per heavy atom. The summed E-state index contributed by atoms with van der Waals surface area (Å²) in [4.78, 5) is 25.8. The van der Waals surface area contributed by atoms with Crippen molar-refractivity contribution in [3.8, 4) is 0 Å². The van der Waals surface area contributed by atoms with Gasteiger partial charge in [-0.1, -0.05) is 30.3 Å². The highest BCUT2D eigenvalue weighted by molar-refractivity contribution is 5.90. The molecule has 0 aliphatic heterocycles. The summed E-state index contributed by atoms with van der Waals surface area (Å²) in [6.07, 6.45) is 0. The van der Waals surface area contributed by atoms with Gasteiger partial charge < -0.3 is 9.64 Å². The molecule has 1 aromatic rings. The zero-order valence-corrected chi connectivity index (χ0v) is 12.7. The van der Waals surface area contributed by atoms with Gasteiger partial charge in [-0.3, -0.25) is 9.59 Å². The van der Waals surface area contributed by atoms with Crippen LogP contribution >= 0.6 is 0 Å². The van der Waals surface area contributed by atoms with Gasteiger partial charge in [-0.15, -0.1) is 0 Å². The monoisotopic (exact) mass is 277 g/mol. The van der Waals surface area contributed by atoms with E-state index < -0.39 is 5.41 Å². The maximum Gasteiger partial charge on any atom is 0.325 e. The minimum atomic E-state index is -0.663. The van der Waals surface area contributed by atoms with Gasteiger partial charge in [0.2, 0.25) is 5.91 Å². The number of hydrogen-bond donors (Lipinski definition) is 0. The first-order chi connectivity index (χ1) is 9.43. The van der Waals surface area contributed by atoms with Crippen LogP contribution in [0.3, 0.4) is 0 Å². The number of ether oxygens (including phenoxy) is 1. The predicted octanol–water partition coefficient (Wildman–Crippen LogP) is 2.38. The molecular weight excluding hydrogens is 254 g/mol. The van der Waals surface area contributed by atoms with Gasteiger partial charge in [0.15, 0.2) is 0 Å². The first-order valence-corrected chi connectivity index (χ1v) is 6.94. The van der Waals surface area contributed by atoms with E-state index >= 15 is 0 Å². The number of nitrogens with zero attached hydrogens (tertiary/aromatic N) is 1. The highest BCUT2D eigenvalue weighted by Crippen LogP contribution is 2.25. The molecule has 4 nitrogen and oxygen atoms in total. The SMILES string of the molecule is CCOC(=O)CN(CC)C(=O)C(C)(C)c1ccccc1. The van der Waals surface area contributed by atoms with Crippen molar-refractivity contribution in [2.45, 2.75) is 33.1 Å². The van der Waals surface area contributed by atoms with Crippen LogP contribution in [0, 0.1) is 0 Å². The Hall–Kier alpha value is -1.84. The molecule has 0 aliphatic rings. The van der Waals surface area contributed by atoms with Crippen molar-refractivity contribution in [1.82, 2.24) is 4.90 Å². The molecule has 0 N–H and O–H groups in total. The van der Waals surface area contributed by atoms with E-state index in [1.807, 2.05) is 51.1 Å². The molecule has 4 heteroatoms. The topological polar surface area (TPSA) is 46.6 Å². The fourth-order valence-electron chi connectivity index (χ4n) is 2.06. The molecule has 1 amide bonds. The first-order valence-electron chi connectivity index (χ1n) is 6.94. The second-order valence-corrected chi connectivity index (χ2v) is 5.12. The van der Waals surface area contributed by atoms with Gasteiger partial charge in [-0.25, -0.2) is 0 Å². The lowest BCUT2D eigenvalue weighted by Crippen LogP contribution is -2.45. The standard InChI is InChI=1S/C16H23NO3/c1-5-17(12-14(18)20-6-2)15(19)16(3,4)13-10-8-7-9-11-13/h7-11H,5-6,12H2,1-4H3. The molecule has 0 heterocycles. The van der Waals surface area contributed by atoms with E-state index in [-0.39, 0.29) is 18.4 Å². The van der Waals surface area contributed by atoms with E-state index in [1.165, 1.54) is 4.90 Å². The smallest absolute Gasteiger partial charge is 0.325 e. The Morgan fingerprint density at radius 3 is 2.25 bits per heavy atom. The summed E-state index contributed by atoms with van der Waals surface area (Å²) in [7, 11) is 0. The number of amides is 1. The summed E-state index contributed by atoms with van der Waals surface area (Å²) in [5.41, 5.74) is 0.274. The Balaban J connectivity index is 2.87. The summed E-state index contributed by atoms with van der Waals surface area (Å²) < 4.78 is 4.91. The molecule has 110 valence electrons. The molecule has 20 heavy (non-hydrogen) atoms. The van der Waals surface area contributed by atoms with Crippen molar-refractivity contribution < 1.29 is 14.3 Å². The molecule has 0 fully saturated rings. The molecule has 0 radical (unpaired) electrons.